The van der Waals surface area contributed by atoms with Crippen LogP contribution in [-0.2, 0) is 9.53 Å². The SMILES string of the molecule is C[C@H]1CCN2C[C@](OC(=O)C(=[N+]=[N-])C3CCCCC3)(C3CCCCC3)[C@H]2C1. The zero-order valence-electron chi connectivity index (χ0n) is 16.9. The average Bonchev–Trinajstić information content (AvgIpc) is 2.70. The fourth-order valence-corrected chi connectivity index (χ4v) is 6.26. The Bertz CT molecular complexity index is 603. The van der Waals surface area contributed by atoms with Crippen molar-refractivity contribution >= 4 is 11.7 Å². The minimum atomic E-state index is -0.350. The quantitative estimate of drug-likeness (QED) is 0.321. The minimum Gasteiger partial charge on any atom is -0.447 e. The monoisotopic (exact) mass is 373 g/mol. The highest BCUT2D eigenvalue weighted by Gasteiger charge is 2.61. The van der Waals surface area contributed by atoms with E-state index in [1.165, 1.54) is 44.9 Å². The molecule has 0 aromatic heterocycles. The maximum Gasteiger partial charge on any atom is 0.417 e. The summed E-state index contributed by atoms with van der Waals surface area (Å²) in [6.07, 6.45) is 13.8. The molecule has 2 aliphatic heterocycles. The molecule has 0 aromatic rings. The summed E-state index contributed by atoms with van der Waals surface area (Å²) < 4.78 is 6.37. The van der Waals surface area contributed by atoms with E-state index < -0.39 is 0 Å². The van der Waals surface area contributed by atoms with Crippen LogP contribution in [0.25, 0.3) is 5.53 Å². The van der Waals surface area contributed by atoms with Gasteiger partial charge in [-0.2, -0.15) is 4.79 Å². The van der Waals surface area contributed by atoms with Gasteiger partial charge in [0.05, 0.1) is 12.0 Å². The van der Waals surface area contributed by atoms with Crippen LogP contribution in [0.5, 0.6) is 0 Å². The second-order valence-corrected chi connectivity index (χ2v) is 9.62. The largest absolute Gasteiger partial charge is 0.447 e. The number of carbonyl (C=O) groups excluding carboxylic acids is 1. The van der Waals surface area contributed by atoms with Gasteiger partial charge in [-0.25, -0.2) is 4.79 Å². The van der Waals surface area contributed by atoms with Crippen molar-refractivity contribution in [1.82, 2.24) is 4.90 Å². The zero-order chi connectivity index (χ0) is 18.9. The van der Waals surface area contributed by atoms with E-state index in [4.69, 9.17) is 4.74 Å². The Morgan fingerprint density at radius 2 is 1.70 bits per heavy atom. The fourth-order valence-electron chi connectivity index (χ4n) is 6.26. The molecule has 2 saturated carbocycles. The number of hydrogen-bond acceptors (Lipinski definition) is 3. The van der Waals surface area contributed by atoms with Gasteiger partial charge in [-0.05, 0) is 51.0 Å². The van der Waals surface area contributed by atoms with Crippen LogP contribution in [0.4, 0.5) is 0 Å². The molecule has 150 valence electrons. The fraction of sp³-hybridized carbons (Fsp3) is 0.909. The van der Waals surface area contributed by atoms with Gasteiger partial charge < -0.3 is 10.3 Å². The molecule has 2 aliphatic carbocycles. The smallest absolute Gasteiger partial charge is 0.417 e. The number of ether oxygens (including phenoxy) is 1. The maximum atomic E-state index is 13.1. The molecule has 27 heavy (non-hydrogen) atoms. The van der Waals surface area contributed by atoms with Crippen LogP contribution in [0.3, 0.4) is 0 Å². The minimum absolute atomic E-state index is 0.0705. The molecule has 2 heterocycles. The standard InChI is InChI=1S/C22H35N3O2/c1-16-12-13-25-15-22(19(25)14-16,18-10-6-3-7-11-18)27-21(26)20(24-23)17-8-4-2-5-9-17/h16-19H,2-15H2,1H3/t16-,19+,22-/m0/s1. The molecule has 4 aliphatic rings. The van der Waals surface area contributed by atoms with Crippen molar-refractivity contribution in [2.24, 2.45) is 17.8 Å². The van der Waals surface area contributed by atoms with E-state index >= 15 is 0 Å². The maximum absolute atomic E-state index is 13.1. The van der Waals surface area contributed by atoms with E-state index in [-0.39, 0.29) is 23.2 Å². The predicted octanol–water partition coefficient (Wildman–Crippen LogP) is 4.21. The van der Waals surface area contributed by atoms with Gasteiger partial charge in [-0.3, -0.25) is 4.90 Å². The lowest BCUT2D eigenvalue weighted by molar-refractivity contribution is -0.229. The lowest BCUT2D eigenvalue weighted by Crippen LogP contribution is -2.76. The molecule has 0 aromatic carbocycles. The summed E-state index contributed by atoms with van der Waals surface area (Å²) in [5.74, 6) is 0.888. The topological polar surface area (TPSA) is 65.9 Å². The van der Waals surface area contributed by atoms with Crippen LogP contribution in [0.1, 0.15) is 84.0 Å². The molecule has 4 rings (SSSR count). The molecule has 0 radical (unpaired) electrons. The Kier molecular flexibility index (Phi) is 5.70. The molecule has 5 heteroatoms. The summed E-state index contributed by atoms with van der Waals surface area (Å²) in [6.45, 7) is 4.33. The van der Waals surface area contributed by atoms with Crippen molar-refractivity contribution in [1.29, 1.82) is 0 Å². The Labute approximate surface area is 163 Å². The van der Waals surface area contributed by atoms with Crippen LogP contribution >= 0.6 is 0 Å². The molecule has 3 atom stereocenters. The van der Waals surface area contributed by atoms with E-state index in [0.717, 1.165) is 45.2 Å². The summed E-state index contributed by atoms with van der Waals surface area (Å²) in [5.41, 5.74) is 9.53. The third-order valence-electron chi connectivity index (χ3n) is 7.88. The lowest BCUT2D eigenvalue weighted by Gasteiger charge is -2.62. The Morgan fingerprint density at radius 1 is 1.04 bits per heavy atom. The molecule has 0 unspecified atom stereocenters. The molecule has 4 fully saturated rings. The van der Waals surface area contributed by atoms with E-state index in [1.807, 2.05) is 0 Å². The number of esters is 1. The average molecular weight is 374 g/mol. The molecular formula is C22H35N3O2. The second-order valence-electron chi connectivity index (χ2n) is 9.62. The van der Waals surface area contributed by atoms with Gasteiger partial charge in [0.25, 0.3) is 0 Å². The highest BCUT2D eigenvalue weighted by atomic mass is 16.6. The first kappa shape index (κ1) is 19.1. The van der Waals surface area contributed by atoms with E-state index in [9.17, 15) is 10.3 Å². The van der Waals surface area contributed by atoms with Gasteiger partial charge in [0.1, 0.15) is 5.60 Å². The lowest BCUT2D eigenvalue weighted by atomic mass is 9.64. The number of hydrogen-bond donors (Lipinski definition) is 0. The second kappa shape index (κ2) is 8.05. The summed E-state index contributed by atoms with van der Waals surface area (Å²) in [6, 6.07) is 0.361. The Balaban J connectivity index is 1.54. The first-order chi connectivity index (χ1) is 13.1. The third kappa shape index (κ3) is 3.61. The van der Waals surface area contributed by atoms with E-state index in [1.54, 1.807) is 0 Å². The summed E-state index contributed by atoms with van der Waals surface area (Å²) in [7, 11) is 0. The van der Waals surface area contributed by atoms with Crippen LogP contribution in [0.15, 0.2) is 0 Å². The Morgan fingerprint density at radius 3 is 2.37 bits per heavy atom. The van der Waals surface area contributed by atoms with Gasteiger partial charge in [0, 0.05) is 12.5 Å². The summed E-state index contributed by atoms with van der Waals surface area (Å²) in [5, 5.41) is 0. The summed E-state index contributed by atoms with van der Waals surface area (Å²) >= 11 is 0. The number of nitrogens with zero attached hydrogens (tertiary/aromatic N) is 3. The molecule has 0 amide bonds. The van der Waals surface area contributed by atoms with Crippen LogP contribution < -0.4 is 0 Å². The van der Waals surface area contributed by atoms with Gasteiger partial charge in [0.15, 0.2) is 0 Å². The molecular weight excluding hydrogens is 338 g/mol. The number of carbonyl (C=O) groups is 1. The number of piperidine rings is 1. The summed E-state index contributed by atoms with van der Waals surface area (Å²) in [4.78, 5) is 19.1. The van der Waals surface area contributed by atoms with Gasteiger partial charge in [-0.15, -0.1) is 0 Å². The number of rotatable bonds is 4. The zero-order valence-corrected chi connectivity index (χ0v) is 16.9. The van der Waals surface area contributed by atoms with Crippen molar-refractivity contribution in [3.8, 4) is 0 Å². The van der Waals surface area contributed by atoms with Gasteiger partial charge in [-0.1, -0.05) is 45.4 Å². The molecule has 5 nitrogen and oxygen atoms in total. The number of fused-ring (bicyclic) bond motifs is 1. The Hall–Kier alpha value is -1.19. The van der Waals surface area contributed by atoms with Crippen molar-refractivity contribution in [2.75, 3.05) is 13.1 Å². The molecule has 0 N–H and O–H groups in total. The molecule has 0 bridgehead atoms. The van der Waals surface area contributed by atoms with Gasteiger partial charge in [0.2, 0.25) is 0 Å². The van der Waals surface area contributed by atoms with Crippen LogP contribution in [0.2, 0.25) is 0 Å². The third-order valence-corrected chi connectivity index (χ3v) is 7.88. The van der Waals surface area contributed by atoms with Crippen molar-refractivity contribution in [2.45, 2.75) is 95.6 Å². The first-order valence-electron chi connectivity index (χ1n) is 11.3. The van der Waals surface area contributed by atoms with Crippen molar-refractivity contribution < 1.29 is 14.3 Å². The predicted molar refractivity (Wildman–Crippen MR) is 104 cm³/mol. The normalized spacial score (nSPS) is 35.6. The van der Waals surface area contributed by atoms with E-state index in [2.05, 4.69) is 16.6 Å². The van der Waals surface area contributed by atoms with Crippen molar-refractivity contribution in [3.05, 3.63) is 5.53 Å². The van der Waals surface area contributed by atoms with Crippen LogP contribution in [0, 0.1) is 17.8 Å². The molecule has 0 spiro atoms. The first-order valence-corrected chi connectivity index (χ1v) is 11.3. The van der Waals surface area contributed by atoms with Gasteiger partial charge >= 0.3 is 11.7 Å². The highest BCUT2D eigenvalue weighted by molar-refractivity contribution is 6.34. The van der Waals surface area contributed by atoms with Crippen LogP contribution in [-0.4, -0.2) is 46.1 Å². The van der Waals surface area contributed by atoms with E-state index in [0.29, 0.717) is 17.9 Å². The van der Waals surface area contributed by atoms with Crippen molar-refractivity contribution in [3.63, 3.8) is 0 Å². The highest BCUT2D eigenvalue weighted by Crippen LogP contribution is 2.49. The molecule has 2 saturated heterocycles.